The number of amides is 1. The van der Waals surface area contributed by atoms with Crippen LogP contribution in [0.1, 0.15) is 52.5 Å². The summed E-state index contributed by atoms with van der Waals surface area (Å²) in [4.78, 5) is 26.3. The van der Waals surface area contributed by atoms with Gasteiger partial charge in [-0.05, 0) is 64.7 Å². The molecule has 1 aliphatic rings. The number of benzene rings is 1. The molecule has 138 valence electrons. The number of hydrogen-bond acceptors (Lipinski definition) is 4. The van der Waals surface area contributed by atoms with E-state index < -0.39 is 5.97 Å². The average Bonchev–Trinajstić information content (AvgIpc) is 2.52. The number of likely N-dealkylation sites (tertiary alicyclic amines) is 1. The Hall–Kier alpha value is -2.04. The Labute approximate surface area is 150 Å². The van der Waals surface area contributed by atoms with E-state index in [1.807, 2.05) is 43.0 Å². The van der Waals surface area contributed by atoms with Crippen LogP contribution < -0.4 is 4.74 Å². The van der Waals surface area contributed by atoms with Gasteiger partial charge in [-0.15, -0.1) is 0 Å². The van der Waals surface area contributed by atoms with E-state index in [-0.39, 0.29) is 37.1 Å². The highest BCUT2D eigenvalue weighted by Gasteiger charge is 2.29. The smallest absolute Gasteiger partial charge is 0.310 e. The molecule has 1 amide bonds. The van der Waals surface area contributed by atoms with Gasteiger partial charge in [0.1, 0.15) is 5.75 Å². The maximum Gasteiger partial charge on any atom is 0.310 e. The van der Waals surface area contributed by atoms with Crippen molar-refractivity contribution < 1.29 is 19.1 Å². The molecule has 1 fully saturated rings. The van der Waals surface area contributed by atoms with Crippen LogP contribution in [-0.2, 0) is 20.7 Å². The molecule has 2 rings (SSSR count). The van der Waals surface area contributed by atoms with Gasteiger partial charge in [-0.25, -0.2) is 0 Å². The zero-order valence-corrected chi connectivity index (χ0v) is 15.7. The minimum atomic E-state index is -0.396. The molecule has 0 N–H and O–H groups in total. The second kappa shape index (κ2) is 8.88. The first-order valence-corrected chi connectivity index (χ1v) is 9.09. The van der Waals surface area contributed by atoms with Crippen molar-refractivity contribution in [2.45, 2.75) is 71.6 Å². The molecular formula is C20H29NO4. The molecule has 1 saturated heterocycles. The van der Waals surface area contributed by atoms with E-state index in [0.29, 0.717) is 0 Å². The third-order valence-corrected chi connectivity index (χ3v) is 4.46. The molecule has 0 spiro atoms. The van der Waals surface area contributed by atoms with Gasteiger partial charge in [0.25, 0.3) is 5.91 Å². The molecule has 1 heterocycles. The minimum absolute atomic E-state index is 0.0772. The van der Waals surface area contributed by atoms with Gasteiger partial charge < -0.3 is 14.4 Å². The highest BCUT2D eigenvalue weighted by atomic mass is 16.5. The van der Waals surface area contributed by atoms with E-state index in [1.165, 1.54) is 0 Å². The van der Waals surface area contributed by atoms with Crippen LogP contribution in [0.25, 0.3) is 0 Å². The number of piperidine rings is 1. The summed E-state index contributed by atoms with van der Waals surface area (Å²) < 4.78 is 10.8. The lowest BCUT2D eigenvalue weighted by Crippen LogP contribution is -2.49. The number of carbonyl (C=O) groups is 2. The predicted molar refractivity (Wildman–Crippen MR) is 96.5 cm³/mol. The maximum atomic E-state index is 12.4. The molecule has 0 aliphatic carbocycles. The summed E-state index contributed by atoms with van der Waals surface area (Å²) in [7, 11) is 0. The van der Waals surface area contributed by atoms with E-state index in [1.54, 1.807) is 0 Å². The molecule has 1 aliphatic heterocycles. The van der Waals surface area contributed by atoms with Crippen LogP contribution >= 0.6 is 0 Å². The van der Waals surface area contributed by atoms with E-state index in [9.17, 15) is 9.59 Å². The molecule has 0 radical (unpaired) electrons. The van der Waals surface area contributed by atoms with Gasteiger partial charge in [0, 0.05) is 12.1 Å². The van der Waals surface area contributed by atoms with Crippen molar-refractivity contribution >= 4 is 11.9 Å². The lowest BCUT2D eigenvalue weighted by atomic mass is 9.97. The number of esters is 1. The van der Waals surface area contributed by atoms with Crippen LogP contribution in [0.5, 0.6) is 5.75 Å². The quantitative estimate of drug-likeness (QED) is 0.741. The summed E-state index contributed by atoms with van der Waals surface area (Å²) in [6.45, 7) is 7.82. The van der Waals surface area contributed by atoms with E-state index in [0.717, 1.165) is 30.6 Å². The summed E-state index contributed by atoms with van der Waals surface area (Å²) in [5.41, 5.74) is 0.815. The Kier molecular flexibility index (Phi) is 6.85. The van der Waals surface area contributed by atoms with Crippen LogP contribution in [0.15, 0.2) is 24.3 Å². The van der Waals surface area contributed by atoms with Crippen molar-refractivity contribution in [3.63, 3.8) is 0 Å². The highest BCUT2D eigenvalue weighted by Crippen LogP contribution is 2.22. The largest absolute Gasteiger partial charge is 0.491 e. The fourth-order valence-corrected chi connectivity index (χ4v) is 3.35. The molecule has 1 aromatic carbocycles. The summed E-state index contributed by atoms with van der Waals surface area (Å²) in [5, 5.41) is 0. The molecule has 0 bridgehead atoms. The fourth-order valence-electron chi connectivity index (χ4n) is 3.35. The molecule has 2 unspecified atom stereocenters. The molecule has 25 heavy (non-hydrogen) atoms. The monoisotopic (exact) mass is 347 g/mol. The second-order valence-corrected chi connectivity index (χ2v) is 7.08. The molecule has 1 aromatic rings. The van der Waals surface area contributed by atoms with Gasteiger partial charge in [0.15, 0.2) is 6.61 Å². The number of hydrogen-bond donors (Lipinski definition) is 0. The predicted octanol–water partition coefficient (Wildman–Crippen LogP) is 3.35. The Morgan fingerprint density at radius 1 is 1.20 bits per heavy atom. The van der Waals surface area contributed by atoms with Crippen molar-refractivity contribution in [2.24, 2.45) is 0 Å². The third-order valence-electron chi connectivity index (χ3n) is 4.46. The van der Waals surface area contributed by atoms with Gasteiger partial charge >= 0.3 is 5.97 Å². The van der Waals surface area contributed by atoms with Gasteiger partial charge in [0.2, 0.25) is 0 Å². The van der Waals surface area contributed by atoms with Crippen LogP contribution in [0.2, 0.25) is 0 Å². The zero-order valence-electron chi connectivity index (χ0n) is 15.7. The standard InChI is InChI=1S/C20H29NO4/c1-14(2)25-18-10-6-9-17(11-18)12-20(23)24-13-19(22)21-15(3)7-5-8-16(21)4/h6,9-11,14-16H,5,7-8,12-13H2,1-4H3. The number of rotatable bonds is 6. The van der Waals surface area contributed by atoms with Crippen molar-refractivity contribution in [2.75, 3.05) is 6.61 Å². The minimum Gasteiger partial charge on any atom is -0.491 e. The second-order valence-electron chi connectivity index (χ2n) is 7.08. The van der Waals surface area contributed by atoms with Gasteiger partial charge in [-0.3, -0.25) is 9.59 Å². The van der Waals surface area contributed by atoms with Crippen molar-refractivity contribution in [3.05, 3.63) is 29.8 Å². The topological polar surface area (TPSA) is 55.8 Å². The molecule has 5 heteroatoms. The number of nitrogens with zero attached hydrogens (tertiary/aromatic N) is 1. The fraction of sp³-hybridized carbons (Fsp3) is 0.600. The van der Waals surface area contributed by atoms with Crippen molar-refractivity contribution in [1.29, 1.82) is 0 Å². The van der Waals surface area contributed by atoms with E-state index in [4.69, 9.17) is 9.47 Å². The van der Waals surface area contributed by atoms with Crippen LogP contribution in [0.4, 0.5) is 0 Å². The molecule has 0 aromatic heterocycles. The Morgan fingerprint density at radius 2 is 1.88 bits per heavy atom. The summed E-state index contributed by atoms with van der Waals surface area (Å²) in [6, 6.07) is 7.81. The molecule has 5 nitrogen and oxygen atoms in total. The Bertz CT molecular complexity index is 589. The Morgan fingerprint density at radius 3 is 2.52 bits per heavy atom. The van der Waals surface area contributed by atoms with Gasteiger partial charge in [0.05, 0.1) is 12.5 Å². The molecule has 0 saturated carbocycles. The zero-order chi connectivity index (χ0) is 18.4. The van der Waals surface area contributed by atoms with Crippen LogP contribution in [-0.4, -0.2) is 41.6 Å². The lowest BCUT2D eigenvalue weighted by molar-refractivity contribution is -0.154. The van der Waals surface area contributed by atoms with Crippen LogP contribution in [0.3, 0.4) is 0 Å². The first-order chi connectivity index (χ1) is 11.9. The Balaban J connectivity index is 1.85. The molecule has 2 atom stereocenters. The van der Waals surface area contributed by atoms with Crippen LogP contribution in [0, 0.1) is 0 Å². The van der Waals surface area contributed by atoms with Crippen molar-refractivity contribution in [1.82, 2.24) is 4.90 Å². The summed E-state index contributed by atoms with van der Waals surface area (Å²) >= 11 is 0. The third kappa shape index (κ3) is 5.76. The highest BCUT2D eigenvalue weighted by molar-refractivity contribution is 5.81. The molecular weight excluding hydrogens is 318 g/mol. The lowest BCUT2D eigenvalue weighted by Gasteiger charge is -2.38. The summed E-state index contributed by atoms with van der Waals surface area (Å²) in [6.07, 6.45) is 3.36. The SMILES string of the molecule is CC(C)Oc1cccc(CC(=O)OCC(=O)N2C(C)CCCC2C)c1. The normalized spacial score (nSPS) is 20.4. The summed E-state index contributed by atoms with van der Waals surface area (Å²) in [5.74, 6) is 0.227. The number of ether oxygens (including phenoxy) is 2. The average molecular weight is 347 g/mol. The first-order valence-electron chi connectivity index (χ1n) is 9.09. The maximum absolute atomic E-state index is 12.4. The van der Waals surface area contributed by atoms with Crippen molar-refractivity contribution in [3.8, 4) is 5.75 Å². The first kappa shape index (κ1) is 19.3. The van der Waals surface area contributed by atoms with Gasteiger partial charge in [-0.1, -0.05) is 12.1 Å². The number of carbonyl (C=O) groups excluding carboxylic acids is 2. The van der Waals surface area contributed by atoms with E-state index >= 15 is 0 Å². The van der Waals surface area contributed by atoms with E-state index in [2.05, 4.69) is 13.8 Å². The van der Waals surface area contributed by atoms with Gasteiger partial charge in [-0.2, -0.15) is 0 Å².